The second-order valence-electron chi connectivity index (χ2n) is 2.92. The summed E-state index contributed by atoms with van der Waals surface area (Å²) < 4.78 is 9.71. The van der Waals surface area contributed by atoms with E-state index in [2.05, 4.69) is 0 Å². The van der Waals surface area contributed by atoms with Gasteiger partial charge in [0.05, 0.1) is 11.5 Å². The topological polar surface area (TPSA) is 52.6 Å². The molecule has 0 heterocycles. The molecular weight excluding hydrogens is 319 g/mol. The molecule has 0 aliphatic rings. The first kappa shape index (κ1) is 18.2. The maximum absolute atomic E-state index is 11.1. The average Bonchev–Trinajstić information content (AvgIpc) is 2.35. The Labute approximate surface area is 125 Å². The van der Waals surface area contributed by atoms with Crippen molar-refractivity contribution in [2.24, 2.45) is 0 Å². The summed E-state index contributed by atoms with van der Waals surface area (Å²) >= 11 is 13.7. The Morgan fingerprint density at radius 2 is 1.22 bits per heavy atom. The Bertz CT molecular complexity index is 218. The van der Waals surface area contributed by atoms with E-state index in [0.717, 1.165) is 0 Å². The molecule has 0 unspecified atom stereocenters. The van der Waals surface area contributed by atoms with Crippen LogP contribution in [0, 0.1) is 0 Å². The maximum Gasteiger partial charge on any atom is 0.316 e. The largest absolute Gasteiger partial charge is 0.461 e. The Kier molecular flexibility index (Phi) is 13.8. The molecule has 8 heteroatoms. The van der Waals surface area contributed by atoms with Crippen LogP contribution >= 0.6 is 46.7 Å². The van der Waals surface area contributed by atoms with Crippen LogP contribution in [0.5, 0.6) is 0 Å². The lowest BCUT2D eigenvalue weighted by atomic mass is 10.7. The van der Waals surface area contributed by atoms with Gasteiger partial charge < -0.3 is 9.47 Å². The zero-order chi connectivity index (χ0) is 13.6. The smallest absolute Gasteiger partial charge is 0.316 e. The third-order valence-corrected chi connectivity index (χ3v) is 4.18. The normalized spacial score (nSPS) is 10.1. The van der Waals surface area contributed by atoms with Gasteiger partial charge in [-0.1, -0.05) is 0 Å². The maximum atomic E-state index is 11.1. The van der Waals surface area contributed by atoms with Crippen LogP contribution in [-0.2, 0) is 19.1 Å². The molecule has 0 amide bonds. The number of rotatable bonds is 11. The molecule has 0 saturated heterocycles. The van der Waals surface area contributed by atoms with E-state index >= 15 is 0 Å². The van der Waals surface area contributed by atoms with Crippen LogP contribution < -0.4 is 0 Å². The highest BCUT2D eigenvalue weighted by atomic mass is 35.5. The van der Waals surface area contributed by atoms with E-state index in [-0.39, 0.29) is 36.7 Å². The fourth-order valence-electron chi connectivity index (χ4n) is 0.814. The SMILES string of the molecule is O=C(CSCCCl)OCCOC(=O)CSCCCl. The van der Waals surface area contributed by atoms with Crippen molar-refractivity contribution in [2.45, 2.75) is 0 Å². The van der Waals surface area contributed by atoms with Gasteiger partial charge in [-0.25, -0.2) is 0 Å². The van der Waals surface area contributed by atoms with Crippen LogP contribution in [0.15, 0.2) is 0 Å². The van der Waals surface area contributed by atoms with Gasteiger partial charge in [-0.3, -0.25) is 9.59 Å². The number of esters is 2. The first-order valence-corrected chi connectivity index (χ1v) is 8.67. The van der Waals surface area contributed by atoms with Gasteiger partial charge in [0, 0.05) is 23.3 Å². The van der Waals surface area contributed by atoms with Crippen molar-refractivity contribution in [1.82, 2.24) is 0 Å². The monoisotopic (exact) mass is 334 g/mol. The molecule has 0 aromatic heterocycles. The van der Waals surface area contributed by atoms with Crippen LogP contribution in [0.25, 0.3) is 0 Å². The summed E-state index contributed by atoms with van der Waals surface area (Å²) in [7, 11) is 0. The summed E-state index contributed by atoms with van der Waals surface area (Å²) in [5.41, 5.74) is 0. The molecule has 0 saturated carbocycles. The molecule has 0 fully saturated rings. The molecular formula is C10H16Cl2O4S2. The molecule has 0 spiro atoms. The molecule has 4 nitrogen and oxygen atoms in total. The lowest BCUT2D eigenvalue weighted by Crippen LogP contribution is -2.16. The summed E-state index contributed by atoms with van der Waals surface area (Å²) in [5, 5.41) is 0. The second-order valence-corrected chi connectivity index (χ2v) is 5.89. The van der Waals surface area contributed by atoms with Gasteiger partial charge in [0.1, 0.15) is 13.2 Å². The number of halogens is 2. The molecule has 0 aromatic rings. The zero-order valence-corrected chi connectivity index (χ0v) is 13.0. The summed E-state index contributed by atoms with van der Waals surface area (Å²) in [5.74, 6) is 2.34. The van der Waals surface area contributed by atoms with E-state index in [1.165, 1.54) is 23.5 Å². The van der Waals surface area contributed by atoms with Crippen LogP contribution in [0.2, 0.25) is 0 Å². The highest BCUT2D eigenvalue weighted by Gasteiger charge is 2.05. The van der Waals surface area contributed by atoms with Crippen molar-refractivity contribution < 1.29 is 19.1 Å². The van der Waals surface area contributed by atoms with Gasteiger partial charge in [0.2, 0.25) is 0 Å². The molecule has 0 N–H and O–H groups in total. The molecule has 0 aliphatic heterocycles. The van der Waals surface area contributed by atoms with Crippen LogP contribution in [0.1, 0.15) is 0 Å². The molecule has 0 atom stereocenters. The summed E-state index contributed by atoms with van der Waals surface area (Å²) in [6, 6.07) is 0. The summed E-state index contributed by atoms with van der Waals surface area (Å²) in [6.45, 7) is 0.179. The van der Waals surface area contributed by atoms with E-state index in [9.17, 15) is 9.59 Å². The van der Waals surface area contributed by atoms with E-state index in [4.69, 9.17) is 32.7 Å². The lowest BCUT2D eigenvalue weighted by molar-refractivity contribution is -0.148. The summed E-state index contributed by atoms with van der Waals surface area (Å²) in [6.07, 6.45) is 0. The minimum absolute atomic E-state index is 0.0895. The fourth-order valence-corrected chi connectivity index (χ4v) is 2.48. The Balaban J connectivity index is 3.32. The van der Waals surface area contributed by atoms with Crippen molar-refractivity contribution in [3.8, 4) is 0 Å². The van der Waals surface area contributed by atoms with Gasteiger partial charge in [-0.2, -0.15) is 0 Å². The number of thioether (sulfide) groups is 2. The van der Waals surface area contributed by atoms with Crippen molar-refractivity contribution in [1.29, 1.82) is 0 Å². The van der Waals surface area contributed by atoms with Crippen molar-refractivity contribution in [2.75, 3.05) is 48.0 Å². The molecule has 0 aromatic carbocycles. The highest BCUT2D eigenvalue weighted by molar-refractivity contribution is 8.00. The molecule has 0 aliphatic carbocycles. The molecule has 0 bridgehead atoms. The third kappa shape index (κ3) is 12.7. The van der Waals surface area contributed by atoms with Gasteiger partial charge in [0.15, 0.2) is 0 Å². The van der Waals surface area contributed by atoms with Crippen LogP contribution in [-0.4, -0.2) is 59.9 Å². The zero-order valence-electron chi connectivity index (χ0n) is 9.86. The highest BCUT2D eigenvalue weighted by Crippen LogP contribution is 2.02. The average molecular weight is 335 g/mol. The van der Waals surface area contributed by atoms with E-state index in [1.807, 2.05) is 0 Å². The molecule has 0 radical (unpaired) electrons. The van der Waals surface area contributed by atoms with Crippen LogP contribution in [0.3, 0.4) is 0 Å². The van der Waals surface area contributed by atoms with Crippen molar-refractivity contribution in [3.63, 3.8) is 0 Å². The predicted octanol–water partition coefficient (Wildman–Crippen LogP) is 2.02. The number of carbonyl (C=O) groups excluding carboxylic acids is 2. The number of hydrogen-bond acceptors (Lipinski definition) is 6. The quantitative estimate of drug-likeness (QED) is 0.327. The van der Waals surface area contributed by atoms with Crippen LogP contribution in [0.4, 0.5) is 0 Å². The third-order valence-electron chi connectivity index (χ3n) is 1.49. The van der Waals surface area contributed by atoms with E-state index in [0.29, 0.717) is 23.3 Å². The van der Waals surface area contributed by atoms with Gasteiger partial charge in [0.25, 0.3) is 0 Å². The Morgan fingerprint density at radius 1 is 0.833 bits per heavy atom. The fraction of sp³-hybridized carbons (Fsp3) is 0.800. The molecule has 106 valence electrons. The van der Waals surface area contributed by atoms with Gasteiger partial charge >= 0.3 is 11.9 Å². The molecule has 0 rings (SSSR count). The Hall–Kier alpha value is 0.220. The number of hydrogen-bond donors (Lipinski definition) is 0. The van der Waals surface area contributed by atoms with Crippen molar-refractivity contribution in [3.05, 3.63) is 0 Å². The first-order valence-electron chi connectivity index (χ1n) is 5.29. The minimum atomic E-state index is -0.322. The van der Waals surface area contributed by atoms with Gasteiger partial charge in [-0.05, 0) is 0 Å². The minimum Gasteiger partial charge on any atom is -0.461 e. The van der Waals surface area contributed by atoms with Gasteiger partial charge in [-0.15, -0.1) is 46.7 Å². The Morgan fingerprint density at radius 3 is 1.56 bits per heavy atom. The summed E-state index contributed by atoms with van der Waals surface area (Å²) in [4.78, 5) is 22.3. The lowest BCUT2D eigenvalue weighted by Gasteiger charge is -2.06. The molecule has 18 heavy (non-hydrogen) atoms. The predicted molar refractivity (Wildman–Crippen MR) is 78.0 cm³/mol. The van der Waals surface area contributed by atoms with Crippen molar-refractivity contribution >= 4 is 58.7 Å². The van der Waals surface area contributed by atoms with E-state index in [1.54, 1.807) is 0 Å². The standard InChI is InChI=1S/C10H16Cl2O4S2/c11-1-5-17-7-9(13)15-3-4-16-10(14)8-18-6-2-12/h1-8H2. The number of ether oxygens (including phenoxy) is 2. The first-order chi connectivity index (χ1) is 8.70. The number of carbonyl (C=O) groups is 2. The second kappa shape index (κ2) is 13.6. The number of alkyl halides is 2. The van der Waals surface area contributed by atoms with E-state index < -0.39 is 0 Å².